The number of ether oxygens (including phenoxy) is 2. The lowest BCUT2D eigenvalue weighted by Crippen LogP contribution is -2.44. The van der Waals surface area contributed by atoms with Crippen molar-refractivity contribution in [1.29, 1.82) is 0 Å². The first-order chi connectivity index (χ1) is 18.9. The number of rotatable bonds is 15. The number of carbonyl (C=O) groups is 3. The molecule has 0 saturated carbocycles. The summed E-state index contributed by atoms with van der Waals surface area (Å²) in [6.07, 6.45) is 4.67. The summed E-state index contributed by atoms with van der Waals surface area (Å²) in [5.41, 5.74) is 3.22. The Bertz CT molecular complexity index is 1070. The van der Waals surface area contributed by atoms with Crippen LogP contribution < -0.4 is 16.0 Å². The summed E-state index contributed by atoms with van der Waals surface area (Å²) in [6.45, 7) is 5.03. The highest BCUT2D eigenvalue weighted by molar-refractivity contribution is 5.81. The zero-order valence-electron chi connectivity index (χ0n) is 23.0. The number of hydrogen-bond acceptors (Lipinski definition) is 8. The Morgan fingerprint density at radius 3 is 2.67 bits per heavy atom. The van der Waals surface area contributed by atoms with E-state index in [9.17, 15) is 14.4 Å². The standard InChI is InChI=1S/C29H41N5O5/c1-22(35)30-17-20-34(18-7-6-12-25-14-13-24-11-8-16-31-27(24)32-25)19-15-26(28(36)38-2)33-29(37)39-21-23-9-4-3-5-10-23/h3-5,9-10,13-14,26H,6-8,11-12,15-21H2,1-2H3,(H,30,35)(H,31,32)(H,33,37)/t26-/m0/s1. The molecule has 1 aliphatic heterocycles. The first-order valence-corrected chi connectivity index (χ1v) is 13.7. The monoisotopic (exact) mass is 539 g/mol. The third-order valence-corrected chi connectivity index (χ3v) is 6.64. The van der Waals surface area contributed by atoms with Gasteiger partial charge in [0.15, 0.2) is 0 Å². The van der Waals surface area contributed by atoms with Gasteiger partial charge < -0.3 is 30.3 Å². The van der Waals surface area contributed by atoms with Crippen LogP contribution in [0.1, 0.15) is 49.4 Å². The molecule has 1 atom stereocenters. The van der Waals surface area contributed by atoms with Crippen molar-refractivity contribution in [2.45, 2.75) is 58.1 Å². The van der Waals surface area contributed by atoms with Crippen LogP contribution in [0.3, 0.4) is 0 Å². The fourth-order valence-electron chi connectivity index (χ4n) is 4.48. The molecule has 0 bridgehead atoms. The van der Waals surface area contributed by atoms with Crippen molar-refractivity contribution in [1.82, 2.24) is 20.5 Å². The number of benzene rings is 1. The number of pyridine rings is 1. The number of aromatic nitrogens is 1. The number of aryl methyl sites for hydroxylation is 2. The zero-order chi connectivity index (χ0) is 27.9. The van der Waals surface area contributed by atoms with E-state index < -0.39 is 18.1 Å². The van der Waals surface area contributed by atoms with Crippen LogP contribution in [-0.2, 0) is 38.5 Å². The summed E-state index contributed by atoms with van der Waals surface area (Å²) < 4.78 is 10.2. The normalized spacial score (nSPS) is 13.1. The molecule has 212 valence electrons. The minimum Gasteiger partial charge on any atom is -0.467 e. The summed E-state index contributed by atoms with van der Waals surface area (Å²) >= 11 is 0. The van der Waals surface area contributed by atoms with Gasteiger partial charge in [-0.05, 0) is 62.3 Å². The van der Waals surface area contributed by atoms with Crippen LogP contribution in [0, 0.1) is 0 Å². The predicted octanol–water partition coefficient (Wildman–Crippen LogP) is 3.06. The zero-order valence-corrected chi connectivity index (χ0v) is 23.0. The van der Waals surface area contributed by atoms with Crippen molar-refractivity contribution >= 4 is 23.8 Å². The van der Waals surface area contributed by atoms with E-state index in [-0.39, 0.29) is 12.5 Å². The molecular formula is C29H41N5O5. The lowest BCUT2D eigenvalue weighted by molar-refractivity contribution is -0.143. The average molecular weight is 540 g/mol. The Labute approximate surface area is 230 Å². The third-order valence-electron chi connectivity index (χ3n) is 6.64. The van der Waals surface area contributed by atoms with E-state index in [1.165, 1.54) is 19.6 Å². The number of unbranched alkanes of at least 4 members (excludes halogenated alkanes) is 1. The molecule has 3 N–H and O–H groups in total. The highest BCUT2D eigenvalue weighted by atomic mass is 16.6. The topological polar surface area (TPSA) is 122 Å². The molecule has 0 radical (unpaired) electrons. The number of carbonyl (C=O) groups excluding carboxylic acids is 3. The highest BCUT2D eigenvalue weighted by Gasteiger charge is 2.23. The number of nitrogens with zero attached hydrogens (tertiary/aromatic N) is 2. The number of fused-ring (bicyclic) bond motifs is 1. The summed E-state index contributed by atoms with van der Waals surface area (Å²) in [6, 6.07) is 12.8. The summed E-state index contributed by atoms with van der Waals surface area (Å²) in [4.78, 5) is 43.1. The highest BCUT2D eigenvalue weighted by Crippen LogP contribution is 2.20. The quantitative estimate of drug-likeness (QED) is 0.233. The van der Waals surface area contributed by atoms with Gasteiger partial charge in [-0.2, -0.15) is 0 Å². The number of methoxy groups -OCH3 is 1. The fourth-order valence-corrected chi connectivity index (χ4v) is 4.48. The van der Waals surface area contributed by atoms with Crippen molar-refractivity contribution in [3.8, 4) is 0 Å². The molecule has 2 heterocycles. The van der Waals surface area contributed by atoms with E-state index in [0.717, 1.165) is 62.3 Å². The van der Waals surface area contributed by atoms with Crippen LogP contribution in [0.4, 0.5) is 10.6 Å². The van der Waals surface area contributed by atoms with Gasteiger partial charge in [0.25, 0.3) is 0 Å². The number of nitrogens with one attached hydrogen (secondary N) is 3. The number of anilines is 1. The van der Waals surface area contributed by atoms with Crippen LogP contribution in [0.5, 0.6) is 0 Å². The van der Waals surface area contributed by atoms with Crippen LogP contribution >= 0.6 is 0 Å². The molecule has 0 saturated heterocycles. The van der Waals surface area contributed by atoms with Crippen molar-refractivity contribution in [2.75, 3.05) is 45.2 Å². The van der Waals surface area contributed by atoms with Gasteiger partial charge in [-0.25, -0.2) is 14.6 Å². The number of hydrogen-bond donors (Lipinski definition) is 3. The second-order valence-electron chi connectivity index (χ2n) is 9.69. The van der Waals surface area contributed by atoms with E-state index in [0.29, 0.717) is 26.1 Å². The molecule has 0 aliphatic carbocycles. The number of alkyl carbamates (subject to hydrolysis) is 1. The Balaban J connectivity index is 1.48. The SMILES string of the molecule is COC(=O)[C@H](CCN(CCCCc1ccc2c(n1)NCCC2)CCNC(C)=O)NC(=O)OCc1ccccc1. The summed E-state index contributed by atoms with van der Waals surface area (Å²) in [7, 11) is 1.30. The van der Waals surface area contributed by atoms with Gasteiger partial charge in [0.05, 0.1) is 7.11 Å². The molecule has 1 aliphatic rings. The minimum absolute atomic E-state index is 0.0858. The van der Waals surface area contributed by atoms with E-state index in [1.54, 1.807) is 0 Å². The van der Waals surface area contributed by atoms with Crippen molar-refractivity contribution < 1.29 is 23.9 Å². The van der Waals surface area contributed by atoms with Gasteiger partial charge in [0, 0.05) is 38.8 Å². The number of esters is 1. The maximum absolute atomic E-state index is 12.4. The first kappa shape index (κ1) is 29.9. The largest absolute Gasteiger partial charge is 0.467 e. The Hall–Kier alpha value is -3.66. The Morgan fingerprint density at radius 1 is 1.08 bits per heavy atom. The molecule has 39 heavy (non-hydrogen) atoms. The van der Waals surface area contributed by atoms with Crippen LogP contribution in [0.15, 0.2) is 42.5 Å². The van der Waals surface area contributed by atoms with E-state index >= 15 is 0 Å². The lowest BCUT2D eigenvalue weighted by Gasteiger charge is -2.25. The first-order valence-electron chi connectivity index (χ1n) is 13.7. The molecule has 3 rings (SSSR count). The molecule has 2 amide bonds. The minimum atomic E-state index is -0.839. The molecule has 1 aromatic carbocycles. The molecule has 0 spiro atoms. The molecular weight excluding hydrogens is 498 g/mol. The van der Waals surface area contributed by atoms with Crippen LogP contribution in [-0.4, -0.2) is 73.7 Å². The predicted molar refractivity (Wildman–Crippen MR) is 149 cm³/mol. The van der Waals surface area contributed by atoms with Gasteiger partial charge >= 0.3 is 12.1 Å². The fraction of sp³-hybridized carbons (Fsp3) is 0.517. The second-order valence-corrected chi connectivity index (χ2v) is 9.69. The smallest absolute Gasteiger partial charge is 0.408 e. The van der Waals surface area contributed by atoms with Crippen molar-refractivity contribution in [3.63, 3.8) is 0 Å². The molecule has 10 heteroatoms. The van der Waals surface area contributed by atoms with Gasteiger partial charge in [0.2, 0.25) is 5.91 Å². The maximum Gasteiger partial charge on any atom is 0.408 e. The molecule has 10 nitrogen and oxygen atoms in total. The molecule has 0 unspecified atom stereocenters. The van der Waals surface area contributed by atoms with E-state index in [4.69, 9.17) is 14.5 Å². The summed E-state index contributed by atoms with van der Waals surface area (Å²) in [5, 5.41) is 8.85. The average Bonchev–Trinajstić information content (AvgIpc) is 2.95. The van der Waals surface area contributed by atoms with E-state index in [1.807, 2.05) is 30.3 Å². The summed E-state index contributed by atoms with van der Waals surface area (Å²) in [5.74, 6) is 0.400. The van der Waals surface area contributed by atoms with Gasteiger partial charge in [-0.15, -0.1) is 0 Å². The second kappa shape index (κ2) is 16.3. The lowest BCUT2D eigenvalue weighted by atomic mass is 10.1. The van der Waals surface area contributed by atoms with Gasteiger partial charge in [-0.3, -0.25) is 4.79 Å². The van der Waals surface area contributed by atoms with Crippen molar-refractivity contribution in [2.24, 2.45) is 0 Å². The van der Waals surface area contributed by atoms with Gasteiger partial charge in [0.1, 0.15) is 18.5 Å². The molecule has 1 aromatic heterocycles. The van der Waals surface area contributed by atoms with Crippen molar-refractivity contribution in [3.05, 3.63) is 59.3 Å². The third kappa shape index (κ3) is 10.9. The number of amides is 2. The van der Waals surface area contributed by atoms with Crippen LogP contribution in [0.25, 0.3) is 0 Å². The van der Waals surface area contributed by atoms with Gasteiger partial charge in [-0.1, -0.05) is 36.4 Å². The molecule has 0 fully saturated rings. The van der Waals surface area contributed by atoms with E-state index in [2.05, 4.69) is 33.0 Å². The Morgan fingerprint density at radius 2 is 1.90 bits per heavy atom. The molecule has 2 aromatic rings. The Kier molecular flexibility index (Phi) is 12.5. The van der Waals surface area contributed by atoms with Crippen LogP contribution in [0.2, 0.25) is 0 Å². The maximum atomic E-state index is 12.4.